The molecule has 2 aliphatic heterocycles. The molecule has 0 unspecified atom stereocenters. The number of benzene rings is 2. The Balaban J connectivity index is 1.56. The van der Waals surface area contributed by atoms with Crippen LogP contribution in [0.4, 0.5) is 14.5 Å². The maximum absolute atomic E-state index is 14.5. The molecule has 2 amide bonds. The van der Waals surface area contributed by atoms with Crippen LogP contribution in [0.3, 0.4) is 0 Å². The van der Waals surface area contributed by atoms with Crippen molar-refractivity contribution in [3.8, 4) is 11.3 Å². The van der Waals surface area contributed by atoms with Gasteiger partial charge in [-0.2, -0.15) is 0 Å². The number of aliphatic hydroxyl groups excluding tert-OH is 3. The van der Waals surface area contributed by atoms with Crippen molar-refractivity contribution in [2.75, 3.05) is 31.7 Å². The number of aliphatic hydroxyl groups is 3. The Morgan fingerprint density at radius 3 is 2.31 bits per heavy atom. The second-order valence-electron chi connectivity index (χ2n) is 11.0. The van der Waals surface area contributed by atoms with Gasteiger partial charge in [-0.3, -0.25) is 9.59 Å². The molecule has 7 atom stereocenters. The number of carbonyl (C=O) groups is 2. The lowest BCUT2D eigenvalue weighted by Crippen LogP contribution is -2.63. The van der Waals surface area contributed by atoms with Gasteiger partial charge in [0, 0.05) is 54.0 Å². The molecule has 0 bridgehead atoms. The Morgan fingerprint density at radius 1 is 1.11 bits per heavy atom. The first kappa shape index (κ1) is 33.1. The van der Waals surface area contributed by atoms with Crippen LogP contribution in [0.15, 0.2) is 36.5 Å². The van der Waals surface area contributed by atoms with Gasteiger partial charge in [0.15, 0.2) is 6.10 Å². The second-order valence-corrected chi connectivity index (χ2v) is 11.9. The van der Waals surface area contributed by atoms with Crippen molar-refractivity contribution in [2.45, 2.75) is 56.5 Å². The summed E-state index contributed by atoms with van der Waals surface area (Å²) in [6.07, 6.45) is -5.42. The first-order valence-corrected chi connectivity index (χ1v) is 14.7. The number of hydrogen-bond donors (Lipinski definition) is 3. The minimum absolute atomic E-state index is 0.0255. The third-order valence-electron chi connectivity index (χ3n) is 8.17. The molecule has 3 heterocycles. The summed E-state index contributed by atoms with van der Waals surface area (Å²) < 4.78 is 41.4. The highest BCUT2D eigenvalue weighted by molar-refractivity contribution is 6.35. The zero-order valence-corrected chi connectivity index (χ0v) is 25.9. The van der Waals surface area contributed by atoms with E-state index >= 15 is 0 Å². The SMILES string of the molecule is CO[C@@H]1[C@@H](n2cc(-c3cc(F)c(C)c(F)c3)nn2)[C@@H](O)[C@@H](CO)O[C@H]1C(=O)N(c1cc(Cl)cc(Cl)c1)[C@H]1CN(C(C)=O)C[C@@H]1O. The summed E-state index contributed by atoms with van der Waals surface area (Å²) >= 11 is 12.5. The predicted molar refractivity (Wildman–Crippen MR) is 158 cm³/mol. The number of nitrogens with zero attached hydrogens (tertiary/aromatic N) is 5. The van der Waals surface area contributed by atoms with Crippen LogP contribution in [-0.2, 0) is 19.1 Å². The van der Waals surface area contributed by atoms with Crippen molar-refractivity contribution in [1.82, 2.24) is 19.9 Å². The number of β-amino-alcohol motifs (C(OH)–C–C–N with tert-alkyl or cyclic N) is 1. The highest BCUT2D eigenvalue weighted by Gasteiger charge is 2.52. The van der Waals surface area contributed by atoms with Crippen LogP contribution in [0.1, 0.15) is 18.5 Å². The van der Waals surface area contributed by atoms with Gasteiger partial charge in [-0.25, -0.2) is 13.5 Å². The smallest absolute Gasteiger partial charge is 0.259 e. The monoisotopic (exact) mass is 669 g/mol. The molecule has 0 spiro atoms. The van der Waals surface area contributed by atoms with E-state index < -0.39 is 66.8 Å². The molecule has 3 N–H and O–H groups in total. The second kappa shape index (κ2) is 13.2. The van der Waals surface area contributed by atoms with Crippen molar-refractivity contribution in [1.29, 1.82) is 0 Å². The van der Waals surface area contributed by atoms with Gasteiger partial charge in [0.05, 0.1) is 24.9 Å². The summed E-state index contributed by atoms with van der Waals surface area (Å²) in [6.45, 7) is 1.86. The summed E-state index contributed by atoms with van der Waals surface area (Å²) in [4.78, 5) is 29.3. The van der Waals surface area contributed by atoms with E-state index in [-0.39, 0.29) is 51.6 Å². The molecular formula is C29H31Cl2F2N5O7. The summed E-state index contributed by atoms with van der Waals surface area (Å²) in [5, 5.41) is 40.8. The number of aromatic nitrogens is 3. The predicted octanol–water partition coefficient (Wildman–Crippen LogP) is 2.14. The Bertz CT molecular complexity index is 1550. The number of carbonyl (C=O) groups excluding carboxylic acids is 2. The van der Waals surface area contributed by atoms with Gasteiger partial charge < -0.3 is 34.6 Å². The van der Waals surface area contributed by atoms with Gasteiger partial charge in [-0.05, 0) is 37.3 Å². The maximum Gasteiger partial charge on any atom is 0.259 e. The van der Waals surface area contributed by atoms with E-state index in [0.717, 1.165) is 12.1 Å². The van der Waals surface area contributed by atoms with E-state index in [2.05, 4.69) is 10.3 Å². The molecule has 1 aromatic heterocycles. The molecule has 242 valence electrons. The topological polar surface area (TPSA) is 150 Å². The van der Waals surface area contributed by atoms with E-state index in [1.54, 1.807) is 0 Å². The van der Waals surface area contributed by atoms with Gasteiger partial charge in [0.25, 0.3) is 5.91 Å². The molecule has 0 aliphatic carbocycles. The minimum Gasteiger partial charge on any atom is -0.394 e. The lowest BCUT2D eigenvalue weighted by atomic mass is 9.91. The summed E-state index contributed by atoms with van der Waals surface area (Å²) in [7, 11) is 1.28. The zero-order valence-electron chi connectivity index (χ0n) is 24.3. The Hall–Kier alpha value is -3.24. The molecule has 2 aromatic carbocycles. The third kappa shape index (κ3) is 6.41. The van der Waals surface area contributed by atoms with E-state index in [4.69, 9.17) is 32.7 Å². The normalized spacial score (nSPS) is 26.7. The molecule has 3 aromatic rings. The van der Waals surface area contributed by atoms with Crippen LogP contribution in [0.25, 0.3) is 11.3 Å². The number of rotatable bonds is 7. The summed E-state index contributed by atoms with van der Waals surface area (Å²) in [5.74, 6) is -2.64. The molecule has 2 aliphatic rings. The fraction of sp³-hybridized carbons (Fsp3) is 0.448. The highest BCUT2D eigenvalue weighted by atomic mass is 35.5. The van der Waals surface area contributed by atoms with Gasteiger partial charge >= 0.3 is 0 Å². The number of likely N-dealkylation sites (tertiary alicyclic amines) is 1. The molecule has 2 fully saturated rings. The highest BCUT2D eigenvalue weighted by Crippen LogP contribution is 2.37. The van der Waals surface area contributed by atoms with Crippen LogP contribution in [0.2, 0.25) is 10.0 Å². The Morgan fingerprint density at radius 2 is 1.76 bits per heavy atom. The van der Waals surface area contributed by atoms with Crippen LogP contribution < -0.4 is 4.90 Å². The first-order valence-electron chi connectivity index (χ1n) is 13.9. The largest absolute Gasteiger partial charge is 0.394 e. The van der Waals surface area contributed by atoms with Crippen molar-refractivity contribution in [2.24, 2.45) is 0 Å². The van der Waals surface area contributed by atoms with E-state index in [1.165, 1.54) is 59.8 Å². The van der Waals surface area contributed by atoms with Gasteiger partial charge in [-0.15, -0.1) is 5.10 Å². The quantitative estimate of drug-likeness (QED) is 0.344. The Labute approximate surface area is 266 Å². The molecular weight excluding hydrogens is 639 g/mol. The average molecular weight is 670 g/mol. The van der Waals surface area contributed by atoms with Crippen molar-refractivity contribution in [3.05, 3.63) is 63.8 Å². The van der Waals surface area contributed by atoms with Crippen LogP contribution >= 0.6 is 23.2 Å². The van der Waals surface area contributed by atoms with E-state index in [1.807, 2.05) is 0 Å². The van der Waals surface area contributed by atoms with Crippen LogP contribution in [-0.4, -0.2) is 110 Å². The van der Waals surface area contributed by atoms with E-state index in [0.29, 0.717) is 0 Å². The first-order chi connectivity index (χ1) is 21.3. The average Bonchev–Trinajstić information content (AvgIpc) is 3.62. The summed E-state index contributed by atoms with van der Waals surface area (Å²) in [5.41, 5.74) is 0.179. The maximum atomic E-state index is 14.5. The van der Waals surface area contributed by atoms with Gasteiger partial charge in [0.2, 0.25) is 5.91 Å². The number of halogens is 4. The zero-order chi connectivity index (χ0) is 32.7. The van der Waals surface area contributed by atoms with E-state index in [9.17, 15) is 33.7 Å². The number of hydrogen-bond acceptors (Lipinski definition) is 9. The number of amides is 2. The lowest BCUT2D eigenvalue weighted by molar-refractivity contribution is -0.211. The molecule has 16 heteroatoms. The summed E-state index contributed by atoms with van der Waals surface area (Å²) in [6, 6.07) is 4.41. The fourth-order valence-corrected chi connectivity index (χ4v) is 6.30. The molecule has 2 saturated heterocycles. The minimum atomic E-state index is -1.52. The molecule has 12 nitrogen and oxygen atoms in total. The molecule has 5 rings (SSSR count). The lowest BCUT2D eigenvalue weighted by Gasteiger charge is -2.45. The third-order valence-corrected chi connectivity index (χ3v) is 8.61. The van der Waals surface area contributed by atoms with Gasteiger partial charge in [0.1, 0.15) is 41.7 Å². The van der Waals surface area contributed by atoms with Crippen molar-refractivity contribution in [3.63, 3.8) is 0 Å². The van der Waals surface area contributed by atoms with Crippen molar-refractivity contribution >= 4 is 40.7 Å². The molecule has 0 saturated carbocycles. The number of ether oxygens (including phenoxy) is 2. The van der Waals surface area contributed by atoms with Crippen LogP contribution in [0, 0.1) is 18.6 Å². The molecule has 45 heavy (non-hydrogen) atoms. The Kier molecular flexibility index (Phi) is 9.75. The van der Waals surface area contributed by atoms with Crippen molar-refractivity contribution < 1.29 is 43.2 Å². The van der Waals surface area contributed by atoms with Gasteiger partial charge in [-0.1, -0.05) is 28.4 Å². The fourth-order valence-electron chi connectivity index (χ4n) is 5.79. The number of methoxy groups -OCH3 is 1. The molecule has 0 radical (unpaired) electrons. The van der Waals surface area contributed by atoms with Crippen LogP contribution in [0.5, 0.6) is 0 Å². The standard InChI is InChI=1S/C29H31Cl2F2N5O7/c1-13-19(32)4-15(5-20(13)33)21-9-37(35-34-21)25-26(42)24(12-39)45-28(27(25)44-3)29(43)38(18-7-16(30)6-17(31)8-18)22-10-36(14(2)40)11-23(22)41/h4-9,22-28,39,41-42H,10-12H2,1-3H3/t22-,23-,24+,25-,26-,27+,28+/m0/s1. The number of anilines is 1.